The molecule has 1 rings (SSSR count). The second kappa shape index (κ2) is 6.97. The van der Waals surface area contributed by atoms with Gasteiger partial charge in [0.2, 0.25) is 5.91 Å². The van der Waals surface area contributed by atoms with E-state index in [1.165, 1.54) is 0 Å². The summed E-state index contributed by atoms with van der Waals surface area (Å²) in [6.45, 7) is 11.3. The fraction of sp³-hybridized carbons (Fsp3) is 0.923. The predicted molar refractivity (Wildman–Crippen MR) is 70.7 cm³/mol. The van der Waals surface area contributed by atoms with E-state index < -0.39 is 0 Å². The molecule has 17 heavy (non-hydrogen) atoms. The lowest BCUT2D eigenvalue weighted by Crippen LogP contribution is -2.47. The summed E-state index contributed by atoms with van der Waals surface area (Å²) in [6, 6.07) is 0. The van der Waals surface area contributed by atoms with E-state index in [2.05, 4.69) is 11.8 Å². The van der Waals surface area contributed by atoms with Gasteiger partial charge in [-0.15, -0.1) is 0 Å². The molecule has 0 spiro atoms. The molecule has 2 unspecified atom stereocenters. The van der Waals surface area contributed by atoms with E-state index in [1.54, 1.807) is 0 Å². The lowest BCUT2D eigenvalue weighted by molar-refractivity contribution is -0.132. The summed E-state index contributed by atoms with van der Waals surface area (Å²) in [5, 5.41) is 0. The molecule has 1 saturated heterocycles. The summed E-state index contributed by atoms with van der Waals surface area (Å²) < 4.78 is 0. The van der Waals surface area contributed by atoms with Crippen molar-refractivity contribution in [3.63, 3.8) is 0 Å². The first-order valence-electron chi connectivity index (χ1n) is 6.82. The molecule has 2 atom stereocenters. The number of carbonyl (C=O) groups excluding carboxylic acids is 1. The Morgan fingerprint density at radius 1 is 1.41 bits per heavy atom. The minimum Gasteiger partial charge on any atom is -0.342 e. The quantitative estimate of drug-likeness (QED) is 0.773. The molecule has 0 aromatic carbocycles. The van der Waals surface area contributed by atoms with Crippen LogP contribution in [0.3, 0.4) is 0 Å². The van der Waals surface area contributed by atoms with Crippen LogP contribution >= 0.6 is 0 Å². The topological polar surface area (TPSA) is 49.6 Å². The van der Waals surface area contributed by atoms with Crippen LogP contribution in [0.25, 0.3) is 0 Å². The molecule has 2 N–H and O–H groups in total. The summed E-state index contributed by atoms with van der Waals surface area (Å²) in [4.78, 5) is 16.2. The predicted octanol–water partition coefficient (Wildman–Crippen LogP) is 0.772. The first kappa shape index (κ1) is 14.5. The molecule has 0 bridgehead atoms. The van der Waals surface area contributed by atoms with Crippen LogP contribution in [0, 0.1) is 11.8 Å². The van der Waals surface area contributed by atoms with Crippen LogP contribution in [0.1, 0.15) is 27.2 Å². The molecule has 4 heteroatoms. The van der Waals surface area contributed by atoms with Crippen molar-refractivity contribution >= 4 is 5.91 Å². The summed E-state index contributed by atoms with van der Waals surface area (Å²) in [6.07, 6.45) is 1.13. The Kier molecular flexibility index (Phi) is 5.92. The number of hydrogen-bond acceptors (Lipinski definition) is 3. The Balaban J connectivity index is 2.41. The summed E-state index contributed by atoms with van der Waals surface area (Å²) >= 11 is 0. The first-order chi connectivity index (χ1) is 8.12. The van der Waals surface area contributed by atoms with Gasteiger partial charge in [0.05, 0.1) is 6.54 Å². The van der Waals surface area contributed by atoms with Crippen molar-refractivity contribution in [2.45, 2.75) is 27.2 Å². The van der Waals surface area contributed by atoms with Crippen molar-refractivity contribution in [2.24, 2.45) is 17.6 Å². The van der Waals surface area contributed by atoms with Gasteiger partial charge in [-0.05, 0) is 45.2 Å². The van der Waals surface area contributed by atoms with Gasteiger partial charge in [0, 0.05) is 19.6 Å². The molecular formula is C13H27N3O. The van der Waals surface area contributed by atoms with Crippen LogP contribution in [-0.2, 0) is 4.79 Å². The highest BCUT2D eigenvalue weighted by atomic mass is 16.2. The fourth-order valence-electron chi connectivity index (χ4n) is 2.64. The number of hydrogen-bond donors (Lipinski definition) is 1. The summed E-state index contributed by atoms with van der Waals surface area (Å²) in [5.74, 6) is 1.50. The standard InChI is InChI=1S/C13H27N3O/c1-4-16(5-2)13(17)10-15-7-6-12(8-14)11(3)9-15/h11-12H,4-10,14H2,1-3H3. The Labute approximate surface area is 105 Å². The van der Waals surface area contributed by atoms with Gasteiger partial charge < -0.3 is 10.6 Å². The van der Waals surface area contributed by atoms with Crippen LogP contribution in [-0.4, -0.2) is 55.0 Å². The van der Waals surface area contributed by atoms with Crippen molar-refractivity contribution in [2.75, 3.05) is 39.3 Å². The maximum Gasteiger partial charge on any atom is 0.236 e. The number of amides is 1. The van der Waals surface area contributed by atoms with Gasteiger partial charge in [-0.3, -0.25) is 9.69 Å². The molecule has 0 aliphatic carbocycles. The average Bonchev–Trinajstić information content (AvgIpc) is 2.31. The molecule has 4 nitrogen and oxygen atoms in total. The molecular weight excluding hydrogens is 214 g/mol. The van der Waals surface area contributed by atoms with E-state index in [0.29, 0.717) is 18.4 Å². The van der Waals surface area contributed by atoms with Gasteiger partial charge in [0.1, 0.15) is 0 Å². The minimum absolute atomic E-state index is 0.258. The van der Waals surface area contributed by atoms with E-state index in [9.17, 15) is 4.79 Å². The van der Waals surface area contributed by atoms with Gasteiger partial charge in [0.25, 0.3) is 0 Å². The molecule has 0 radical (unpaired) electrons. The number of nitrogens with zero attached hydrogens (tertiary/aromatic N) is 2. The molecule has 0 aromatic rings. The number of nitrogens with two attached hydrogens (primary N) is 1. The van der Waals surface area contributed by atoms with Gasteiger partial charge in [0.15, 0.2) is 0 Å². The van der Waals surface area contributed by atoms with Crippen LogP contribution in [0.15, 0.2) is 0 Å². The van der Waals surface area contributed by atoms with E-state index in [1.807, 2.05) is 18.7 Å². The third kappa shape index (κ3) is 3.96. The monoisotopic (exact) mass is 241 g/mol. The van der Waals surface area contributed by atoms with Crippen LogP contribution in [0.2, 0.25) is 0 Å². The largest absolute Gasteiger partial charge is 0.342 e. The molecule has 1 amide bonds. The molecule has 1 aliphatic heterocycles. The number of likely N-dealkylation sites (N-methyl/N-ethyl adjacent to an activating group) is 1. The van der Waals surface area contributed by atoms with Gasteiger partial charge in [-0.25, -0.2) is 0 Å². The third-order valence-corrected chi connectivity index (χ3v) is 3.94. The van der Waals surface area contributed by atoms with Crippen molar-refractivity contribution < 1.29 is 4.79 Å². The molecule has 100 valence electrons. The first-order valence-corrected chi connectivity index (χ1v) is 6.82. The van der Waals surface area contributed by atoms with Crippen molar-refractivity contribution in [1.29, 1.82) is 0 Å². The lowest BCUT2D eigenvalue weighted by Gasteiger charge is -2.36. The highest BCUT2D eigenvalue weighted by Crippen LogP contribution is 2.21. The van der Waals surface area contributed by atoms with Crippen molar-refractivity contribution in [3.8, 4) is 0 Å². The van der Waals surface area contributed by atoms with E-state index in [4.69, 9.17) is 5.73 Å². The minimum atomic E-state index is 0.258. The number of carbonyl (C=O) groups is 1. The van der Waals surface area contributed by atoms with E-state index in [-0.39, 0.29) is 5.91 Å². The second-order valence-electron chi connectivity index (χ2n) is 5.06. The Morgan fingerprint density at radius 3 is 2.53 bits per heavy atom. The zero-order chi connectivity index (χ0) is 12.8. The number of likely N-dealkylation sites (tertiary alicyclic amines) is 1. The maximum atomic E-state index is 12.0. The van der Waals surface area contributed by atoms with E-state index >= 15 is 0 Å². The van der Waals surface area contributed by atoms with Crippen LogP contribution in [0.5, 0.6) is 0 Å². The normalized spacial score (nSPS) is 25.9. The lowest BCUT2D eigenvalue weighted by atomic mass is 9.87. The smallest absolute Gasteiger partial charge is 0.236 e. The van der Waals surface area contributed by atoms with Crippen LogP contribution < -0.4 is 5.73 Å². The Bertz CT molecular complexity index is 241. The molecule has 1 heterocycles. The maximum absolute atomic E-state index is 12.0. The van der Waals surface area contributed by atoms with Crippen molar-refractivity contribution in [1.82, 2.24) is 9.80 Å². The number of piperidine rings is 1. The zero-order valence-corrected chi connectivity index (χ0v) is 11.5. The average molecular weight is 241 g/mol. The van der Waals surface area contributed by atoms with E-state index in [0.717, 1.165) is 39.1 Å². The third-order valence-electron chi connectivity index (χ3n) is 3.94. The molecule has 0 saturated carbocycles. The second-order valence-corrected chi connectivity index (χ2v) is 5.06. The summed E-state index contributed by atoms with van der Waals surface area (Å²) in [7, 11) is 0. The van der Waals surface area contributed by atoms with Gasteiger partial charge >= 0.3 is 0 Å². The fourth-order valence-corrected chi connectivity index (χ4v) is 2.64. The van der Waals surface area contributed by atoms with Gasteiger partial charge in [-0.2, -0.15) is 0 Å². The molecule has 1 aliphatic rings. The Morgan fingerprint density at radius 2 is 2.06 bits per heavy atom. The molecule has 0 aromatic heterocycles. The highest BCUT2D eigenvalue weighted by molar-refractivity contribution is 5.78. The number of rotatable bonds is 5. The highest BCUT2D eigenvalue weighted by Gasteiger charge is 2.26. The van der Waals surface area contributed by atoms with Crippen molar-refractivity contribution in [3.05, 3.63) is 0 Å². The van der Waals surface area contributed by atoms with Gasteiger partial charge in [-0.1, -0.05) is 6.92 Å². The SMILES string of the molecule is CCN(CC)C(=O)CN1CCC(CN)C(C)C1. The van der Waals surface area contributed by atoms with Crippen LogP contribution in [0.4, 0.5) is 0 Å². The zero-order valence-electron chi connectivity index (χ0n) is 11.5. The summed E-state index contributed by atoms with van der Waals surface area (Å²) in [5.41, 5.74) is 5.74. The Hall–Kier alpha value is -0.610. The molecule has 1 fully saturated rings.